The van der Waals surface area contributed by atoms with Crippen LogP contribution in [0.4, 0.5) is 0 Å². The lowest BCUT2D eigenvalue weighted by Crippen LogP contribution is -1.85. The molecule has 18 heavy (non-hydrogen) atoms. The Labute approximate surface area is 105 Å². The Kier molecular flexibility index (Phi) is 2.65. The normalized spacial score (nSPS) is 10.5. The summed E-state index contributed by atoms with van der Waals surface area (Å²) in [7, 11) is 1.66. The van der Waals surface area contributed by atoms with Crippen molar-refractivity contribution in [2.75, 3.05) is 7.11 Å². The molecule has 0 saturated heterocycles. The molecule has 0 amide bonds. The highest BCUT2D eigenvalue weighted by Gasteiger charge is 2.01. The number of aromatic nitrogens is 2. The molecule has 3 nitrogen and oxygen atoms in total. The fourth-order valence-corrected chi connectivity index (χ4v) is 1.91. The number of hydrogen-bond donors (Lipinski definition) is 0. The lowest BCUT2D eigenvalue weighted by molar-refractivity contribution is 0.415. The van der Waals surface area contributed by atoms with Crippen molar-refractivity contribution in [3.63, 3.8) is 0 Å². The number of rotatable bonds is 2. The quantitative estimate of drug-likeness (QED) is 0.684. The van der Waals surface area contributed by atoms with Crippen LogP contribution in [0.25, 0.3) is 22.0 Å². The Hall–Kier alpha value is -2.42. The summed E-state index contributed by atoms with van der Waals surface area (Å²) < 4.78 is 5.15. The molecule has 0 saturated carbocycles. The van der Waals surface area contributed by atoms with Crippen molar-refractivity contribution in [2.24, 2.45) is 0 Å². The molecular formula is C15H12N2O. The predicted octanol–water partition coefficient (Wildman–Crippen LogP) is 3.31. The number of benzene rings is 1. The summed E-state index contributed by atoms with van der Waals surface area (Å²) in [6, 6.07) is 12.0. The van der Waals surface area contributed by atoms with E-state index in [0.717, 1.165) is 27.8 Å². The number of ether oxygens (including phenoxy) is 1. The van der Waals surface area contributed by atoms with E-state index in [1.54, 1.807) is 13.3 Å². The van der Waals surface area contributed by atoms with Crippen LogP contribution >= 0.6 is 0 Å². The Morgan fingerprint density at radius 2 is 1.78 bits per heavy atom. The second-order valence-electron chi connectivity index (χ2n) is 4.02. The molecule has 0 aliphatic carbocycles. The average molecular weight is 236 g/mol. The molecule has 3 heteroatoms. The van der Waals surface area contributed by atoms with Crippen LogP contribution in [0, 0.1) is 0 Å². The van der Waals surface area contributed by atoms with Crippen molar-refractivity contribution < 1.29 is 4.74 Å². The number of pyridine rings is 2. The molecular weight excluding hydrogens is 224 g/mol. The molecule has 2 heterocycles. The van der Waals surface area contributed by atoms with Gasteiger partial charge in [0, 0.05) is 29.5 Å². The van der Waals surface area contributed by atoms with Gasteiger partial charge < -0.3 is 4.74 Å². The summed E-state index contributed by atoms with van der Waals surface area (Å²) in [6.07, 6.45) is 5.46. The first-order valence-corrected chi connectivity index (χ1v) is 5.71. The van der Waals surface area contributed by atoms with Crippen LogP contribution < -0.4 is 4.74 Å². The Balaban J connectivity index is 2.07. The maximum Gasteiger partial charge on any atom is 0.118 e. The zero-order chi connectivity index (χ0) is 12.4. The van der Waals surface area contributed by atoms with Crippen LogP contribution in [0.2, 0.25) is 0 Å². The molecule has 0 atom stereocenters. The third kappa shape index (κ3) is 1.91. The second kappa shape index (κ2) is 4.45. The van der Waals surface area contributed by atoms with Crippen molar-refractivity contribution in [2.45, 2.75) is 0 Å². The van der Waals surface area contributed by atoms with Crippen LogP contribution in [-0.2, 0) is 0 Å². The van der Waals surface area contributed by atoms with Gasteiger partial charge in [0.2, 0.25) is 0 Å². The number of methoxy groups -OCH3 is 1. The van der Waals surface area contributed by atoms with Crippen LogP contribution in [0.5, 0.6) is 5.75 Å². The van der Waals surface area contributed by atoms with Gasteiger partial charge in [-0.3, -0.25) is 9.97 Å². The van der Waals surface area contributed by atoms with Gasteiger partial charge in [-0.25, -0.2) is 0 Å². The van der Waals surface area contributed by atoms with E-state index in [9.17, 15) is 0 Å². The molecule has 3 rings (SSSR count). The largest absolute Gasteiger partial charge is 0.497 e. The second-order valence-corrected chi connectivity index (χ2v) is 4.02. The van der Waals surface area contributed by atoms with E-state index in [4.69, 9.17) is 4.74 Å². The van der Waals surface area contributed by atoms with Crippen LogP contribution in [0.3, 0.4) is 0 Å². The van der Waals surface area contributed by atoms with Crippen LogP contribution in [-0.4, -0.2) is 17.1 Å². The van der Waals surface area contributed by atoms with Gasteiger partial charge in [0.05, 0.1) is 12.6 Å². The topological polar surface area (TPSA) is 35.0 Å². The van der Waals surface area contributed by atoms with Crippen molar-refractivity contribution in [1.82, 2.24) is 9.97 Å². The van der Waals surface area contributed by atoms with E-state index in [1.807, 2.05) is 42.7 Å². The van der Waals surface area contributed by atoms with Gasteiger partial charge in [-0.2, -0.15) is 0 Å². The van der Waals surface area contributed by atoms with E-state index in [1.165, 1.54) is 0 Å². The molecule has 1 aromatic carbocycles. The monoisotopic (exact) mass is 236 g/mol. The first kappa shape index (κ1) is 10.7. The first-order valence-electron chi connectivity index (χ1n) is 5.71. The van der Waals surface area contributed by atoms with Gasteiger partial charge in [-0.1, -0.05) is 12.1 Å². The average Bonchev–Trinajstić information content (AvgIpc) is 2.47. The van der Waals surface area contributed by atoms with Crippen molar-refractivity contribution in [1.29, 1.82) is 0 Å². The summed E-state index contributed by atoms with van der Waals surface area (Å²) >= 11 is 0. The van der Waals surface area contributed by atoms with Gasteiger partial charge in [-0.15, -0.1) is 0 Å². The zero-order valence-electron chi connectivity index (χ0n) is 10.00. The van der Waals surface area contributed by atoms with Gasteiger partial charge in [0.25, 0.3) is 0 Å². The van der Waals surface area contributed by atoms with Crippen molar-refractivity contribution >= 4 is 10.9 Å². The minimum Gasteiger partial charge on any atom is -0.497 e. The van der Waals surface area contributed by atoms with E-state index in [2.05, 4.69) is 16.0 Å². The summed E-state index contributed by atoms with van der Waals surface area (Å²) in [5, 5.41) is 1.05. The molecule has 0 radical (unpaired) electrons. The predicted molar refractivity (Wildman–Crippen MR) is 71.5 cm³/mol. The van der Waals surface area contributed by atoms with Crippen LogP contribution in [0.15, 0.2) is 55.0 Å². The van der Waals surface area contributed by atoms with Gasteiger partial charge in [0.1, 0.15) is 5.75 Å². The highest BCUT2D eigenvalue weighted by Crippen LogP contribution is 2.24. The molecule has 0 aliphatic heterocycles. The highest BCUT2D eigenvalue weighted by molar-refractivity contribution is 5.82. The standard InChI is InChI=1S/C15H12N2O/c1-18-14-4-2-11(3-5-14)12-8-13-9-16-7-6-15(13)17-10-12/h2-10H,1H3. The fraction of sp³-hybridized carbons (Fsp3) is 0.0667. The molecule has 0 spiro atoms. The third-order valence-electron chi connectivity index (χ3n) is 2.90. The first-order chi connectivity index (χ1) is 8.86. The smallest absolute Gasteiger partial charge is 0.118 e. The fourth-order valence-electron chi connectivity index (χ4n) is 1.91. The lowest BCUT2D eigenvalue weighted by Gasteiger charge is -2.04. The SMILES string of the molecule is COc1ccc(-c2cnc3ccncc3c2)cc1. The summed E-state index contributed by atoms with van der Waals surface area (Å²) in [4.78, 5) is 8.54. The molecule has 3 aromatic rings. The van der Waals surface area contributed by atoms with E-state index < -0.39 is 0 Å². The lowest BCUT2D eigenvalue weighted by atomic mass is 10.1. The summed E-state index contributed by atoms with van der Waals surface area (Å²) in [5.41, 5.74) is 3.16. The van der Waals surface area contributed by atoms with E-state index in [-0.39, 0.29) is 0 Å². The zero-order valence-corrected chi connectivity index (χ0v) is 10.00. The van der Waals surface area contributed by atoms with E-state index in [0.29, 0.717) is 0 Å². The third-order valence-corrected chi connectivity index (χ3v) is 2.90. The molecule has 0 aliphatic rings. The maximum atomic E-state index is 5.15. The molecule has 0 bridgehead atoms. The molecule has 2 aromatic heterocycles. The maximum absolute atomic E-state index is 5.15. The van der Waals surface area contributed by atoms with Crippen molar-refractivity contribution in [3.8, 4) is 16.9 Å². The number of nitrogens with zero attached hydrogens (tertiary/aromatic N) is 2. The summed E-state index contributed by atoms with van der Waals surface area (Å²) in [6.45, 7) is 0. The van der Waals surface area contributed by atoms with E-state index >= 15 is 0 Å². The van der Waals surface area contributed by atoms with Crippen LogP contribution in [0.1, 0.15) is 0 Å². The van der Waals surface area contributed by atoms with Gasteiger partial charge >= 0.3 is 0 Å². The Morgan fingerprint density at radius 3 is 2.56 bits per heavy atom. The molecule has 0 fully saturated rings. The molecule has 0 unspecified atom stereocenters. The number of hydrogen-bond acceptors (Lipinski definition) is 3. The molecule has 0 N–H and O–H groups in total. The summed E-state index contributed by atoms with van der Waals surface area (Å²) in [5.74, 6) is 0.856. The van der Waals surface area contributed by atoms with Crippen molar-refractivity contribution in [3.05, 3.63) is 55.0 Å². The molecule has 88 valence electrons. The van der Waals surface area contributed by atoms with Gasteiger partial charge in [-0.05, 0) is 29.8 Å². The number of fused-ring (bicyclic) bond motifs is 1. The minimum absolute atomic E-state index is 0.856. The van der Waals surface area contributed by atoms with Gasteiger partial charge in [0.15, 0.2) is 0 Å². The Morgan fingerprint density at radius 1 is 0.944 bits per heavy atom. The highest BCUT2D eigenvalue weighted by atomic mass is 16.5. The Bertz CT molecular complexity index is 677. The minimum atomic E-state index is 0.856.